The van der Waals surface area contributed by atoms with Crippen molar-refractivity contribution in [1.82, 2.24) is 5.32 Å². The lowest BCUT2D eigenvalue weighted by atomic mass is 9.97. The molecule has 0 aliphatic carbocycles. The fourth-order valence-corrected chi connectivity index (χ4v) is 2.50. The molecule has 0 fully saturated rings. The number of halogens is 4. The maximum absolute atomic E-state index is 12.7. The number of rotatable bonds is 4. The Morgan fingerprint density at radius 1 is 1.10 bits per heavy atom. The van der Waals surface area contributed by atoms with Crippen LogP contribution in [-0.2, 0) is 12.6 Å². The average Bonchev–Trinajstić information content (AvgIpc) is 2.45. The Balaban J connectivity index is 2.26. The van der Waals surface area contributed by atoms with Gasteiger partial charge in [-0.25, -0.2) is 0 Å². The van der Waals surface area contributed by atoms with Crippen LogP contribution in [0.5, 0.6) is 0 Å². The number of nitrogens with one attached hydrogen (secondary N) is 1. The molecule has 1 N–H and O–H groups in total. The van der Waals surface area contributed by atoms with Gasteiger partial charge in [0.1, 0.15) is 0 Å². The Hall–Kier alpha value is -1.52. The Kier molecular flexibility index (Phi) is 4.91. The predicted octanol–water partition coefficient (Wildman–Crippen LogP) is 4.86. The van der Waals surface area contributed by atoms with E-state index in [4.69, 9.17) is 11.6 Å². The molecule has 2 rings (SSSR count). The molecule has 2 aromatic rings. The molecular formula is C16H15ClF3N. The van der Waals surface area contributed by atoms with Crippen molar-refractivity contribution >= 4 is 11.6 Å². The molecule has 0 radical (unpaired) electrons. The fourth-order valence-electron chi connectivity index (χ4n) is 2.24. The zero-order valence-corrected chi connectivity index (χ0v) is 12.2. The molecule has 0 aromatic heterocycles. The summed E-state index contributed by atoms with van der Waals surface area (Å²) < 4.78 is 38.2. The molecule has 1 unspecified atom stereocenters. The second kappa shape index (κ2) is 6.50. The highest BCUT2D eigenvalue weighted by Crippen LogP contribution is 2.31. The van der Waals surface area contributed by atoms with Gasteiger partial charge in [0, 0.05) is 11.1 Å². The van der Waals surface area contributed by atoms with Crippen molar-refractivity contribution in [3.8, 4) is 0 Å². The highest BCUT2D eigenvalue weighted by atomic mass is 35.5. The Labute approximate surface area is 126 Å². The summed E-state index contributed by atoms with van der Waals surface area (Å²) >= 11 is 6.15. The Morgan fingerprint density at radius 2 is 1.81 bits per heavy atom. The second-order valence-electron chi connectivity index (χ2n) is 4.77. The molecule has 1 atom stereocenters. The molecule has 0 heterocycles. The molecule has 0 spiro atoms. The number of likely N-dealkylation sites (N-methyl/N-ethyl adjacent to an activating group) is 1. The zero-order valence-electron chi connectivity index (χ0n) is 11.4. The van der Waals surface area contributed by atoms with Crippen LogP contribution in [-0.4, -0.2) is 7.05 Å². The normalized spacial score (nSPS) is 13.2. The largest absolute Gasteiger partial charge is 0.416 e. The van der Waals surface area contributed by atoms with Gasteiger partial charge in [-0.2, -0.15) is 13.2 Å². The van der Waals surface area contributed by atoms with E-state index in [0.717, 1.165) is 11.6 Å². The minimum Gasteiger partial charge on any atom is -0.313 e. The molecule has 112 valence electrons. The first-order chi connectivity index (χ1) is 9.91. The van der Waals surface area contributed by atoms with Gasteiger partial charge in [0.05, 0.1) is 5.56 Å². The lowest BCUT2D eigenvalue weighted by Gasteiger charge is -2.19. The predicted molar refractivity (Wildman–Crippen MR) is 78.4 cm³/mol. The highest BCUT2D eigenvalue weighted by Gasteiger charge is 2.30. The average molecular weight is 314 g/mol. The van der Waals surface area contributed by atoms with Crippen molar-refractivity contribution < 1.29 is 13.2 Å². The van der Waals surface area contributed by atoms with Crippen LogP contribution in [0.4, 0.5) is 13.2 Å². The maximum Gasteiger partial charge on any atom is 0.416 e. The summed E-state index contributed by atoms with van der Waals surface area (Å²) in [6.07, 6.45) is -3.89. The SMILES string of the molecule is CNC(Cc1cccc(C(F)(F)F)c1)c1ccccc1Cl. The van der Waals surface area contributed by atoms with Crippen molar-refractivity contribution in [3.05, 3.63) is 70.2 Å². The van der Waals surface area contributed by atoms with Gasteiger partial charge in [-0.05, 0) is 36.7 Å². The van der Waals surface area contributed by atoms with Crippen molar-refractivity contribution in [1.29, 1.82) is 0 Å². The van der Waals surface area contributed by atoms with Gasteiger partial charge in [0.2, 0.25) is 0 Å². The lowest BCUT2D eigenvalue weighted by Crippen LogP contribution is -2.19. The third kappa shape index (κ3) is 3.99. The van der Waals surface area contributed by atoms with Crippen LogP contribution in [0, 0.1) is 0 Å². The van der Waals surface area contributed by atoms with Crippen LogP contribution in [0.15, 0.2) is 48.5 Å². The number of hydrogen-bond donors (Lipinski definition) is 1. The molecule has 2 aromatic carbocycles. The molecule has 0 bridgehead atoms. The highest BCUT2D eigenvalue weighted by molar-refractivity contribution is 6.31. The molecule has 0 saturated heterocycles. The summed E-state index contributed by atoms with van der Waals surface area (Å²) in [6.45, 7) is 0. The Bertz CT molecular complexity index is 610. The van der Waals surface area contributed by atoms with Gasteiger partial charge < -0.3 is 5.32 Å². The van der Waals surface area contributed by atoms with E-state index in [-0.39, 0.29) is 6.04 Å². The summed E-state index contributed by atoms with van der Waals surface area (Å²) in [5, 5.41) is 3.70. The van der Waals surface area contributed by atoms with Crippen LogP contribution >= 0.6 is 11.6 Å². The van der Waals surface area contributed by atoms with E-state index < -0.39 is 11.7 Å². The molecule has 1 nitrogen and oxygen atoms in total. The van der Waals surface area contributed by atoms with E-state index >= 15 is 0 Å². The maximum atomic E-state index is 12.7. The first-order valence-corrected chi connectivity index (χ1v) is 6.87. The first-order valence-electron chi connectivity index (χ1n) is 6.49. The Morgan fingerprint density at radius 3 is 2.43 bits per heavy atom. The standard InChI is InChI=1S/C16H15ClF3N/c1-21-15(13-7-2-3-8-14(13)17)10-11-5-4-6-12(9-11)16(18,19)20/h2-9,15,21H,10H2,1H3. The van der Waals surface area contributed by atoms with Crippen molar-refractivity contribution in [2.24, 2.45) is 0 Å². The molecule has 0 amide bonds. The lowest BCUT2D eigenvalue weighted by molar-refractivity contribution is -0.137. The van der Waals surface area contributed by atoms with Gasteiger partial charge in [-0.15, -0.1) is 0 Å². The number of hydrogen-bond acceptors (Lipinski definition) is 1. The van der Waals surface area contributed by atoms with E-state index in [1.807, 2.05) is 18.2 Å². The van der Waals surface area contributed by atoms with Crippen LogP contribution in [0.3, 0.4) is 0 Å². The van der Waals surface area contributed by atoms with E-state index in [0.29, 0.717) is 17.0 Å². The first kappa shape index (κ1) is 15.9. The summed E-state index contributed by atoms with van der Waals surface area (Å²) in [7, 11) is 1.77. The second-order valence-corrected chi connectivity index (χ2v) is 5.17. The van der Waals surface area contributed by atoms with E-state index in [9.17, 15) is 13.2 Å². The van der Waals surface area contributed by atoms with Crippen molar-refractivity contribution in [2.45, 2.75) is 18.6 Å². The van der Waals surface area contributed by atoms with Crippen molar-refractivity contribution in [3.63, 3.8) is 0 Å². The fraction of sp³-hybridized carbons (Fsp3) is 0.250. The third-order valence-corrected chi connectivity index (χ3v) is 3.67. The topological polar surface area (TPSA) is 12.0 Å². The van der Waals surface area contributed by atoms with Gasteiger partial charge in [0.25, 0.3) is 0 Å². The molecule has 0 aliphatic heterocycles. The van der Waals surface area contributed by atoms with Gasteiger partial charge in [-0.1, -0.05) is 48.0 Å². The molecule has 0 saturated carbocycles. The van der Waals surface area contributed by atoms with Gasteiger partial charge >= 0.3 is 6.18 Å². The van der Waals surface area contributed by atoms with Crippen molar-refractivity contribution in [2.75, 3.05) is 7.05 Å². The van der Waals surface area contributed by atoms with Crippen LogP contribution in [0.25, 0.3) is 0 Å². The minimum atomic E-state index is -4.32. The molecule has 5 heteroatoms. The summed E-state index contributed by atoms with van der Waals surface area (Å²) in [5.74, 6) is 0. The smallest absolute Gasteiger partial charge is 0.313 e. The zero-order chi connectivity index (χ0) is 15.5. The third-order valence-electron chi connectivity index (χ3n) is 3.32. The molecule has 21 heavy (non-hydrogen) atoms. The minimum absolute atomic E-state index is 0.137. The monoisotopic (exact) mass is 313 g/mol. The van der Waals surface area contributed by atoms with E-state index in [1.54, 1.807) is 19.2 Å². The molecular weight excluding hydrogens is 299 g/mol. The number of benzene rings is 2. The van der Waals surface area contributed by atoms with E-state index in [2.05, 4.69) is 5.32 Å². The van der Waals surface area contributed by atoms with Gasteiger partial charge in [-0.3, -0.25) is 0 Å². The number of alkyl halides is 3. The summed E-state index contributed by atoms with van der Waals surface area (Å²) in [5.41, 5.74) is 0.859. The quantitative estimate of drug-likeness (QED) is 0.850. The van der Waals surface area contributed by atoms with Crippen LogP contribution in [0.1, 0.15) is 22.7 Å². The van der Waals surface area contributed by atoms with Gasteiger partial charge in [0.15, 0.2) is 0 Å². The molecule has 0 aliphatic rings. The van der Waals surface area contributed by atoms with E-state index in [1.165, 1.54) is 12.1 Å². The summed E-state index contributed by atoms with van der Waals surface area (Å²) in [4.78, 5) is 0. The van der Waals surface area contributed by atoms with Crippen LogP contribution < -0.4 is 5.32 Å². The van der Waals surface area contributed by atoms with Crippen LogP contribution in [0.2, 0.25) is 5.02 Å². The summed E-state index contributed by atoms with van der Waals surface area (Å²) in [6, 6.07) is 12.6.